The number of nitrogens with zero attached hydrogens (tertiary/aromatic N) is 2. The number of piperidine rings is 1. The molecule has 1 heterocycles. The smallest absolute Gasteiger partial charge is 0.408 e. The van der Waals surface area contributed by atoms with Crippen LogP contribution in [0.15, 0.2) is 30.3 Å². The van der Waals surface area contributed by atoms with Crippen LogP contribution in [-0.2, 0) is 25.7 Å². The number of amides is 3. The van der Waals surface area contributed by atoms with E-state index in [1.807, 2.05) is 25.1 Å². The van der Waals surface area contributed by atoms with E-state index in [1.165, 1.54) is 4.90 Å². The van der Waals surface area contributed by atoms with Crippen molar-refractivity contribution in [1.82, 2.24) is 20.4 Å². The quantitative estimate of drug-likeness (QED) is 0.177. The number of nitrogens with one attached hydrogen (secondary N) is 3. The lowest BCUT2D eigenvalue weighted by atomic mass is 9.98. The predicted molar refractivity (Wildman–Crippen MR) is 141 cm³/mol. The van der Waals surface area contributed by atoms with Gasteiger partial charge in [0.1, 0.15) is 12.6 Å². The van der Waals surface area contributed by atoms with Crippen molar-refractivity contribution in [2.24, 2.45) is 11.7 Å². The topological polar surface area (TPSA) is 178 Å². The highest BCUT2D eigenvalue weighted by Crippen LogP contribution is 2.15. The zero-order valence-electron chi connectivity index (χ0n) is 22.0. The first kappa shape index (κ1) is 30.4. The van der Waals surface area contributed by atoms with Gasteiger partial charge in [-0.2, -0.15) is 0 Å². The number of guanidine groups is 1. The summed E-state index contributed by atoms with van der Waals surface area (Å²) in [6.07, 6.45) is 1.74. The first-order chi connectivity index (χ1) is 18.2. The number of carboxylic acid groups (broad SMARTS) is 1. The van der Waals surface area contributed by atoms with Crippen LogP contribution in [0.3, 0.4) is 0 Å². The maximum atomic E-state index is 13.4. The highest BCUT2D eigenvalue weighted by molar-refractivity contribution is 5.91. The molecule has 0 saturated carbocycles. The van der Waals surface area contributed by atoms with Crippen LogP contribution in [0.25, 0.3) is 0 Å². The largest absolute Gasteiger partial charge is 0.481 e. The maximum Gasteiger partial charge on any atom is 0.408 e. The fourth-order valence-corrected chi connectivity index (χ4v) is 4.21. The Morgan fingerprint density at radius 3 is 2.63 bits per heavy atom. The molecular weight excluding hydrogens is 492 g/mol. The number of carbonyl (C=O) groups excluding carboxylic acids is 3. The summed E-state index contributed by atoms with van der Waals surface area (Å²) in [5, 5.41) is 22.1. The molecule has 0 unspecified atom stereocenters. The lowest BCUT2D eigenvalue weighted by Gasteiger charge is -2.33. The minimum Gasteiger partial charge on any atom is -0.481 e. The minimum atomic E-state index is -1.22. The van der Waals surface area contributed by atoms with Gasteiger partial charge in [-0.3, -0.25) is 19.8 Å². The standard InChI is InChI=1S/C26H40N6O6/c1-2-3-12-31(14-11-23(34)35)24(36)21(30-26(37)38-18-19-8-5-4-6-9-19)15-22(33)29-16-20-10-7-13-32(17-20)25(27)28/h4-6,8-9,20-21H,2-3,7,10-18H2,1H3,(H3,27,28)(H,29,33)(H,30,37)(H,34,35)/t20-,21-/m0/s1. The van der Waals surface area contributed by atoms with Crippen molar-refractivity contribution in [3.8, 4) is 0 Å². The number of unbranched alkanes of at least 4 members (excludes halogenated alkanes) is 1. The Morgan fingerprint density at radius 2 is 1.97 bits per heavy atom. The third kappa shape index (κ3) is 11.1. The minimum absolute atomic E-state index is 0.00145. The van der Waals surface area contributed by atoms with E-state index in [9.17, 15) is 19.2 Å². The molecule has 2 atom stereocenters. The number of likely N-dealkylation sites (tertiary alicyclic amines) is 1. The van der Waals surface area contributed by atoms with Gasteiger partial charge < -0.3 is 36.0 Å². The van der Waals surface area contributed by atoms with Crippen molar-refractivity contribution in [1.29, 1.82) is 5.41 Å². The van der Waals surface area contributed by atoms with Crippen molar-refractivity contribution in [2.45, 2.75) is 58.1 Å². The fourth-order valence-electron chi connectivity index (χ4n) is 4.21. The highest BCUT2D eigenvalue weighted by atomic mass is 16.5. The van der Waals surface area contributed by atoms with Crippen molar-refractivity contribution < 1.29 is 29.0 Å². The molecule has 1 aliphatic rings. The van der Waals surface area contributed by atoms with Gasteiger partial charge in [-0.05, 0) is 30.7 Å². The molecule has 1 saturated heterocycles. The number of hydrogen-bond donors (Lipinski definition) is 5. The highest BCUT2D eigenvalue weighted by Gasteiger charge is 2.29. The number of carboxylic acids is 1. The van der Waals surface area contributed by atoms with Crippen molar-refractivity contribution in [3.05, 3.63) is 35.9 Å². The van der Waals surface area contributed by atoms with E-state index in [4.69, 9.17) is 21.0 Å². The van der Waals surface area contributed by atoms with Gasteiger partial charge in [0.05, 0.1) is 12.8 Å². The SMILES string of the molecule is CCCCN(CCC(=O)O)C(=O)[C@H](CC(=O)NC[C@@H]1CCCN(C(=N)N)C1)NC(=O)OCc1ccccc1. The molecule has 0 aromatic heterocycles. The number of rotatable bonds is 14. The maximum absolute atomic E-state index is 13.4. The van der Waals surface area contributed by atoms with E-state index in [-0.39, 0.29) is 37.9 Å². The van der Waals surface area contributed by atoms with E-state index in [0.29, 0.717) is 32.6 Å². The Bertz CT molecular complexity index is 943. The number of nitrogens with two attached hydrogens (primary N) is 1. The van der Waals surface area contributed by atoms with Crippen LogP contribution in [0, 0.1) is 11.3 Å². The molecule has 210 valence electrons. The van der Waals surface area contributed by atoms with E-state index < -0.39 is 29.9 Å². The average Bonchev–Trinajstić information content (AvgIpc) is 2.90. The van der Waals surface area contributed by atoms with Crippen LogP contribution in [-0.4, -0.2) is 83.5 Å². The Morgan fingerprint density at radius 1 is 1.24 bits per heavy atom. The van der Waals surface area contributed by atoms with Crippen LogP contribution in [0.2, 0.25) is 0 Å². The molecule has 1 aliphatic heterocycles. The average molecular weight is 533 g/mol. The third-order valence-electron chi connectivity index (χ3n) is 6.33. The van der Waals surface area contributed by atoms with Gasteiger partial charge in [0.2, 0.25) is 11.8 Å². The molecule has 1 aromatic rings. The molecule has 0 bridgehead atoms. The van der Waals surface area contributed by atoms with E-state index >= 15 is 0 Å². The van der Waals surface area contributed by atoms with Crippen LogP contribution < -0.4 is 16.4 Å². The molecular formula is C26H40N6O6. The summed E-state index contributed by atoms with van der Waals surface area (Å²) >= 11 is 0. The summed E-state index contributed by atoms with van der Waals surface area (Å²) < 4.78 is 5.25. The number of ether oxygens (including phenoxy) is 1. The summed E-state index contributed by atoms with van der Waals surface area (Å²) in [4.78, 5) is 53.0. The van der Waals surface area contributed by atoms with Gasteiger partial charge >= 0.3 is 12.1 Å². The summed E-state index contributed by atoms with van der Waals surface area (Å²) in [6.45, 7) is 3.83. The molecule has 6 N–H and O–H groups in total. The second-order valence-electron chi connectivity index (χ2n) is 9.43. The Labute approximate surface area is 223 Å². The summed E-state index contributed by atoms with van der Waals surface area (Å²) in [5.74, 6) is -1.91. The number of benzene rings is 1. The normalized spacial score (nSPS) is 15.7. The Kier molecular flexibility index (Phi) is 12.9. The molecule has 3 amide bonds. The number of hydrogen-bond acceptors (Lipinski definition) is 6. The molecule has 2 rings (SSSR count). The summed E-state index contributed by atoms with van der Waals surface area (Å²) in [7, 11) is 0. The number of aliphatic carboxylic acids is 1. The lowest BCUT2D eigenvalue weighted by molar-refractivity contribution is -0.140. The zero-order chi connectivity index (χ0) is 27.9. The molecule has 12 heteroatoms. The predicted octanol–water partition coefficient (Wildman–Crippen LogP) is 1.50. The van der Waals surface area contributed by atoms with Gasteiger partial charge in [-0.25, -0.2) is 4.79 Å². The van der Waals surface area contributed by atoms with Crippen LogP contribution >= 0.6 is 0 Å². The van der Waals surface area contributed by atoms with Crippen molar-refractivity contribution in [3.63, 3.8) is 0 Å². The van der Waals surface area contributed by atoms with Gasteiger partial charge in [0.15, 0.2) is 5.96 Å². The molecule has 38 heavy (non-hydrogen) atoms. The monoisotopic (exact) mass is 532 g/mol. The van der Waals surface area contributed by atoms with Gasteiger partial charge in [-0.1, -0.05) is 43.7 Å². The van der Waals surface area contributed by atoms with Gasteiger partial charge in [0, 0.05) is 32.7 Å². The van der Waals surface area contributed by atoms with Crippen LogP contribution in [0.1, 0.15) is 51.0 Å². The van der Waals surface area contributed by atoms with Gasteiger partial charge in [-0.15, -0.1) is 0 Å². The van der Waals surface area contributed by atoms with Gasteiger partial charge in [0.25, 0.3) is 0 Å². The Balaban J connectivity index is 2.04. The second kappa shape index (κ2) is 16.1. The lowest BCUT2D eigenvalue weighted by Crippen LogP contribution is -2.52. The third-order valence-corrected chi connectivity index (χ3v) is 6.33. The Hall–Kier alpha value is -3.83. The van der Waals surface area contributed by atoms with E-state index in [2.05, 4.69) is 10.6 Å². The van der Waals surface area contributed by atoms with Crippen molar-refractivity contribution in [2.75, 3.05) is 32.7 Å². The number of alkyl carbamates (subject to hydrolysis) is 1. The van der Waals surface area contributed by atoms with E-state index in [1.54, 1.807) is 17.0 Å². The molecule has 12 nitrogen and oxygen atoms in total. The first-order valence-corrected chi connectivity index (χ1v) is 13.0. The summed E-state index contributed by atoms with van der Waals surface area (Å²) in [5.41, 5.74) is 6.36. The molecule has 1 fully saturated rings. The van der Waals surface area contributed by atoms with Crippen LogP contribution in [0.5, 0.6) is 0 Å². The zero-order valence-corrected chi connectivity index (χ0v) is 22.0. The van der Waals surface area contributed by atoms with Crippen LogP contribution in [0.4, 0.5) is 4.79 Å². The van der Waals surface area contributed by atoms with E-state index in [0.717, 1.165) is 24.8 Å². The number of carbonyl (C=O) groups is 4. The molecule has 0 spiro atoms. The fraction of sp³-hybridized carbons (Fsp3) is 0.577. The molecule has 0 aliphatic carbocycles. The van der Waals surface area contributed by atoms with Crippen molar-refractivity contribution >= 4 is 29.8 Å². The molecule has 1 aromatic carbocycles. The summed E-state index contributed by atoms with van der Waals surface area (Å²) in [6, 6.07) is 7.82. The first-order valence-electron chi connectivity index (χ1n) is 13.0. The second-order valence-corrected chi connectivity index (χ2v) is 9.43. The molecule has 0 radical (unpaired) electrons.